The van der Waals surface area contributed by atoms with Crippen LogP contribution in [0.3, 0.4) is 0 Å². The van der Waals surface area contributed by atoms with Crippen molar-refractivity contribution >= 4 is 39.6 Å². The van der Waals surface area contributed by atoms with Crippen LogP contribution in [0, 0.1) is 0 Å². The Labute approximate surface area is 203 Å². The summed E-state index contributed by atoms with van der Waals surface area (Å²) in [6, 6.07) is 19.8. The lowest BCUT2D eigenvalue weighted by Crippen LogP contribution is -2.28. The predicted octanol–water partition coefficient (Wildman–Crippen LogP) is 5.05. The molecular weight excluding hydrogens is 448 g/mol. The van der Waals surface area contributed by atoms with Crippen molar-refractivity contribution in [1.29, 1.82) is 0 Å². The van der Waals surface area contributed by atoms with Crippen LogP contribution in [0.5, 0.6) is 17.4 Å². The number of fused-ring (bicyclic) bond motifs is 1. The van der Waals surface area contributed by atoms with Gasteiger partial charge in [-0.25, -0.2) is 4.98 Å². The van der Waals surface area contributed by atoms with E-state index in [1.165, 1.54) is 17.1 Å². The fourth-order valence-corrected chi connectivity index (χ4v) is 3.75. The second-order valence-corrected chi connectivity index (χ2v) is 8.06. The Bertz CT molecular complexity index is 1340. The van der Waals surface area contributed by atoms with Gasteiger partial charge in [0, 0.05) is 13.0 Å². The van der Waals surface area contributed by atoms with Crippen molar-refractivity contribution in [3.8, 4) is 17.4 Å². The Hall–Kier alpha value is -4.04. The summed E-state index contributed by atoms with van der Waals surface area (Å²) < 4.78 is 11.4. The molecule has 4 aromatic rings. The van der Waals surface area contributed by atoms with E-state index in [-0.39, 0.29) is 5.78 Å². The average molecular weight is 473 g/mol. The Balaban J connectivity index is 1.46. The first kappa shape index (κ1) is 23.1. The fourth-order valence-electron chi connectivity index (χ4n) is 3.57. The number of nitrogens with zero attached hydrogens (tertiary/aromatic N) is 2. The highest BCUT2D eigenvalue weighted by Gasteiger charge is 2.13. The number of carbonyl (C=O) groups excluding carboxylic acids is 1. The summed E-state index contributed by atoms with van der Waals surface area (Å²) >= 11 is 5.50. The van der Waals surface area contributed by atoms with Gasteiger partial charge >= 0.3 is 0 Å². The van der Waals surface area contributed by atoms with Crippen LogP contribution in [0.2, 0.25) is 0 Å². The highest BCUT2D eigenvalue weighted by atomic mass is 32.1. The third-order valence-electron chi connectivity index (χ3n) is 5.13. The maximum absolute atomic E-state index is 11.4. The van der Waals surface area contributed by atoms with Gasteiger partial charge in [0.25, 0.3) is 0 Å². The van der Waals surface area contributed by atoms with Crippen LogP contribution in [-0.2, 0) is 17.8 Å². The van der Waals surface area contributed by atoms with E-state index in [1.54, 1.807) is 32.4 Å². The molecule has 0 radical (unpaired) electrons. The summed E-state index contributed by atoms with van der Waals surface area (Å²) in [6.07, 6.45) is 3.31. The minimum absolute atomic E-state index is 0.0718. The van der Waals surface area contributed by atoms with Gasteiger partial charge in [0.15, 0.2) is 16.6 Å². The summed E-state index contributed by atoms with van der Waals surface area (Å²) in [5, 5.41) is 9.10. The van der Waals surface area contributed by atoms with E-state index < -0.39 is 0 Å². The molecule has 0 unspecified atom stereocenters. The smallest absolute Gasteiger partial charge is 0.246 e. The maximum atomic E-state index is 11.4. The SMILES string of the molecule is COc1cc(CC(C)=O)ccc1Oc1ncncc1NC(=S)NCc1cccc2ccccc12. The molecule has 0 aliphatic heterocycles. The van der Waals surface area contributed by atoms with Crippen molar-refractivity contribution in [2.45, 2.75) is 19.9 Å². The number of ketones is 1. The van der Waals surface area contributed by atoms with Crippen LogP contribution < -0.4 is 20.1 Å². The van der Waals surface area contributed by atoms with E-state index in [1.807, 2.05) is 24.3 Å². The molecule has 7 nitrogen and oxygen atoms in total. The molecule has 1 heterocycles. The maximum Gasteiger partial charge on any atom is 0.246 e. The van der Waals surface area contributed by atoms with Gasteiger partial charge in [0.1, 0.15) is 17.8 Å². The van der Waals surface area contributed by atoms with Crippen LogP contribution in [-0.4, -0.2) is 28.0 Å². The molecule has 4 rings (SSSR count). The zero-order valence-corrected chi connectivity index (χ0v) is 19.7. The molecule has 0 aliphatic rings. The number of hydrogen-bond donors (Lipinski definition) is 2. The number of thiocarbonyl (C=S) groups is 1. The van der Waals surface area contributed by atoms with E-state index >= 15 is 0 Å². The molecule has 8 heteroatoms. The first-order valence-electron chi connectivity index (χ1n) is 10.7. The number of carbonyl (C=O) groups is 1. The van der Waals surface area contributed by atoms with Gasteiger partial charge in [-0.2, -0.15) is 4.98 Å². The molecule has 0 bridgehead atoms. The lowest BCUT2D eigenvalue weighted by molar-refractivity contribution is -0.116. The lowest BCUT2D eigenvalue weighted by atomic mass is 10.0. The standard InChI is InChI=1S/C26H24N4O3S/c1-17(31)12-18-10-11-23(24(13-18)32-2)33-25-22(15-27-16-29-25)30-26(34)28-14-20-8-5-7-19-6-3-4-9-21(19)20/h3-11,13,15-16H,12,14H2,1-2H3,(H2,28,30,34). The van der Waals surface area contributed by atoms with Gasteiger partial charge in [-0.05, 0) is 53.2 Å². The number of benzene rings is 3. The molecule has 0 spiro atoms. The normalized spacial score (nSPS) is 10.5. The van der Waals surface area contributed by atoms with E-state index in [4.69, 9.17) is 21.7 Å². The fraction of sp³-hybridized carbons (Fsp3) is 0.154. The van der Waals surface area contributed by atoms with Crippen molar-refractivity contribution in [3.05, 3.63) is 84.3 Å². The van der Waals surface area contributed by atoms with Gasteiger partial charge in [-0.3, -0.25) is 4.79 Å². The number of hydrogen-bond acceptors (Lipinski definition) is 6. The monoisotopic (exact) mass is 472 g/mol. The summed E-state index contributed by atoms with van der Waals surface area (Å²) in [6.45, 7) is 2.11. The Kier molecular flexibility index (Phi) is 7.29. The molecule has 1 aromatic heterocycles. The highest BCUT2D eigenvalue weighted by molar-refractivity contribution is 7.80. The molecule has 0 amide bonds. The molecule has 34 heavy (non-hydrogen) atoms. The summed E-state index contributed by atoms with van der Waals surface area (Å²) in [5.74, 6) is 1.33. The largest absolute Gasteiger partial charge is 0.493 e. The zero-order chi connectivity index (χ0) is 23.9. The van der Waals surface area contributed by atoms with Gasteiger partial charge in [0.2, 0.25) is 5.88 Å². The third kappa shape index (κ3) is 5.65. The Morgan fingerprint density at radius 1 is 1.06 bits per heavy atom. The van der Waals surface area contributed by atoms with E-state index in [0.29, 0.717) is 41.1 Å². The summed E-state index contributed by atoms with van der Waals surface area (Å²) in [5.41, 5.74) is 2.49. The number of nitrogens with one attached hydrogen (secondary N) is 2. The van der Waals surface area contributed by atoms with Crippen LogP contribution in [0.4, 0.5) is 5.69 Å². The van der Waals surface area contributed by atoms with E-state index in [2.05, 4.69) is 44.9 Å². The van der Waals surface area contributed by atoms with Gasteiger partial charge < -0.3 is 20.1 Å². The number of rotatable bonds is 8. The van der Waals surface area contributed by atoms with Gasteiger partial charge in [0.05, 0.1) is 13.3 Å². The van der Waals surface area contributed by atoms with Crippen molar-refractivity contribution in [3.63, 3.8) is 0 Å². The first-order valence-corrected chi connectivity index (χ1v) is 11.1. The predicted molar refractivity (Wildman–Crippen MR) is 136 cm³/mol. The van der Waals surface area contributed by atoms with Crippen LogP contribution >= 0.6 is 12.2 Å². The highest BCUT2D eigenvalue weighted by Crippen LogP contribution is 2.34. The summed E-state index contributed by atoms with van der Waals surface area (Å²) in [7, 11) is 1.55. The molecule has 0 aliphatic carbocycles. The summed E-state index contributed by atoms with van der Waals surface area (Å²) in [4.78, 5) is 19.7. The third-order valence-corrected chi connectivity index (χ3v) is 5.38. The molecule has 0 saturated heterocycles. The van der Waals surface area contributed by atoms with Crippen LogP contribution in [0.15, 0.2) is 73.2 Å². The number of methoxy groups -OCH3 is 1. The Morgan fingerprint density at radius 3 is 2.71 bits per heavy atom. The lowest BCUT2D eigenvalue weighted by Gasteiger charge is -2.15. The van der Waals surface area contributed by atoms with E-state index in [0.717, 1.165) is 11.1 Å². The number of ether oxygens (including phenoxy) is 2. The molecule has 2 N–H and O–H groups in total. The van der Waals surface area contributed by atoms with Gasteiger partial charge in [-0.15, -0.1) is 0 Å². The first-order chi connectivity index (χ1) is 16.5. The van der Waals surface area contributed by atoms with Crippen molar-refractivity contribution in [2.75, 3.05) is 12.4 Å². The van der Waals surface area contributed by atoms with Crippen molar-refractivity contribution in [2.24, 2.45) is 0 Å². The molecule has 0 atom stereocenters. The molecule has 0 fully saturated rings. The number of anilines is 1. The average Bonchev–Trinajstić information content (AvgIpc) is 2.84. The minimum Gasteiger partial charge on any atom is -0.493 e. The Morgan fingerprint density at radius 2 is 1.88 bits per heavy atom. The molecule has 0 saturated carbocycles. The second kappa shape index (κ2) is 10.7. The van der Waals surface area contributed by atoms with Crippen LogP contribution in [0.25, 0.3) is 10.8 Å². The van der Waals surface area contributed by atoms with Crippen LogP contribution in [0.1, 0.15) is 18.1 Å². The molecular formula is C26H24N4O3S. The molecule has 172 valence electrons. The van der Waals surface area contributed by atoms with Gasteiger partial charge in [-0.1, -0.05) is 48.5 Å². The topological polar surface area (TPSA) is 85.4 Å². The molecule has 3 aromatic carbocycles. The van der Waals surface area contributed by atoms with E-state index in [9.17, 15) is 4.79 Å². The minimum atomic E-state index is 0.0718. The quantitative estimate of drug-likeness (QED) is 0.345. The number of Topliss-reactive ketones (excluding diaryl/α,β-unsaturated/α-hetero) is 1. The van der Waals surface area contributed by atoms with Crippen molar-refractivity contribution < 1.29 is 14.3 Å². The van der Waals surface area contributed by atoms with Crippen molar-refractivity contribution in [1.82, 2.24) is 15.3 Å². The second-order valence-electron chi connectivity index (χ2n) is 7.65. The zero-order valence-electron chi connectivity index (χ0n) is 18.9. The number of aromatic nitrogens is 2.